The van der Waals surface area contributed by atoms with Gasteiger partial charge in [-0.3, -0.25) is 14.2 Å². The quantitative estimate of drug-likeness (QED) is 0.699. The van der Waals surface area contributed by atoms with E-state index in [1.165, 1.54) is 16.7 Å². The summed E-state index contributed by atoms with van der Waals surface area (Å²) in [6.07, 6.45) is 1.56. The number of fused-ring (bicyclic) bond motifs is 1. The minimum Gasteiger partial charge on any atom is -0.508 e. The number of carbonyl (C=O) groups is 1. The van der Waals surface area contributed by atoms with E-state index >= 15 is 0 Å². The lowest BCUT2D eigenvalue weighted by Crippen LogP contribution is -2.33. The maximum Gasteiger partial charge on any atom is 0.262 e. The molecule has 3 rings (SSSR count). The Hall–Kier alpha value is -3.41. The van der Waals surface area contributed by atoms with Crippen LogP contribution in [0.1, 0.15) is 0 Å². The van der Waals surface area contributed by atoms with Gasteiger partial charge in [-0.1, -0.05) is 36.4 Å². The number of aromatic hydroxyl groups is 1. The Morgan fingerprint density at radius 3 is 2.72 bits per heavy atom. The van der Waals surface area contributed by atoms with Crippen molar-refractivity contribution in [2.75, 3.05) is 6.54 Å². The van der Waals surface area contributed by atoms with Crippen LogP contribution in [0.4, 0.5) is 0 Å². The van der Waals surface area contributed by atoms with E-state index in [0.29, 0.717) is 17.9 Å². The number of phenolic OH excluding ortho intramolecular Hbond substituents is 1. The first-order chi connectivity index (χ1) is 12.1. The second kappa shape index (κ2) is 7.00. The maximum absolute atomic E-state index is 12.9. The lowest BCUT2D eigenvalue weighted by Gasteiger charge is -2.13. The Labute approximate surface area is 144 Å². The summed E-state index contributed by atoms with van der Waals surface area (Å²) >= 11 is 0. The molecule has 6 nitrogen and oxygen atoms in total. The van der Waals surface area contributed by atoms with E-state index in [1.807, 2.05) is 30.3 Å². The molecule has 126 valence electrons. The first-order valence-corrected chi connectivity index (χ1v) is 7.76. The number of benzene rings is 2. The van der Waals surface area contributed by atoms with Crippen molar-refractivity contribution in [3.8, 4) is 17.1 Å². The van der Waals surface area contributed by atoms with E-state index in [9.17, 15) is 14.7 Å². The van der Waals surface area contributed by atoms with Crippen molar-refractivity contribution in [3.05, 3.63) is 71.5 Å². The van der Waals surface area contributed by atoms with E-state index in [0.717, 1.165) is 5.56 Å². The van der Waals surface area contributed by atoms with Crippen molar-refractivity contribution in [1.29, 1.82) is 0 Å². The predicted molar refractivity (Wildman–Crippen MR) is 96.3 cm³/mol. The second-order valence-electron chi connectivity index (χ2n) is 5.49. The molecule has 0 radical (unpaired) electrons. The van der Waals surface area contributed by atoms with Crippen LogP contribution in [0.15, 0.2) is 66.0 Å². The molecule has 0 atom stereocenters. The summed E-state index contributed by atoms with van der Waals surface area (Å²) in [5.41, 5.74) is 0.809. The molecule has 1 aromatic heterocycles. The topological polar surface area (TPSA) is 84.2 Å². The summed E-state index contributed by atoms with van der Waals surface area (Å²) in [6.45, 7) is 3.69. The fourth-order valence-electron chi connectivity index (χ4n) is 2.55. The number of nitrogens with one attached hydrogen (secondary N) is 1. The van der Waals surface area contributed by atoms with Crippen LogP contribution in [0.3, 0.4) is 0 Å². The summed E-state index contributed by atoms with van der Waals surface area (Å²) in [4.78, 5) is 29.5. The molecule has 0 spiro atoms. The highest BCUT2D eigenvalue weighted by Crippen LogP contribution is 2.21. The van der Waals surface area contributed by atoms with Crippen molar-refractivity contribution < 1.29 is 9.90 Å². The van der Waals surface area contributed by atoms with Crippen LogP contribution >= 0.6 is 0 Å². The molecule has 0 aliphatic rings. The molecular weight excluding hydrogens is 318 g/mol. The molecule has 25 heavy (non-hydrogen) atoms. The van der Waals surface area contributed by atoms with Gasteiger partial charge in [-0.2, -0.15) is 0 Å². The molecule has 0 aliphatic heterocycles. The lowest BCUT2D eigenvalue weighted by atomic mass is 10.1. The Balaban J connectivity index is 2.19. The van der Waals surface area contributed by atoms with Crippen molar-refractivity contribution in [2.24, 2.45) is 0 Å². The van der Waals surface area contributed by atoms with Crippen molar-refractivity contribution in [1.82, 2.24) is 14.9 Å². The van der Waals surface area contributed by atoms with Gasteiger partial charge in [-0.25, -0.2) is 4.98 Å². The molecule has 0 bridgehead atoms. The number of hydrogen-bond donors (Lipinski definition) is 2. The third-order valence-electron chi connectivity index (χ3n) is 3.71. The highest BCUT2D eigenvalue weighted by atomic mass is 16.3. The number of phenols is 1. The van der Waals surface area contributed by atoms with Crippen LogP contribution in [-0.4, -0.2) is 27.1 Å². The highest BCUT2D eigenvalue weighted by molar-refractivity contribution is 5.82. The van der Waals surface area contributed by atoms with Crippen molar-refractivity contribution in [2.45, 2.75) is 6.54 Å². The van der Waals surface area contributed by atoms with Gasteiger partial charge in [-0.05, 0) is 18.2 Å². The minimum absolute atomic E-state index is 0.0264. The van der Waals surface area contributed by atoms with Crippen LogP contribution in [0, 0.1) is 0 Å². The number of nitrogens with zero attached hydrogens (tertiary/aromatic N) is 2. The monoisotopic (exact) mass is 335 g/mol. The first kappa shape index (κ1) is 16.4. The standard InChI is InChI=1S/C19H17N3O3/c1-2-10-20-17(24)12-22-18(13-6-4-3-5-7-13)21-16-9-8-14(23)11-15(16)19(22)25/h2-9,11,23H,1,10,12H2,(H,20,24). The number of amides is 1. The predicted octanol–water partition coefficient (Wildman–Crippen LogP) is 2.07. The van der Waals surface area contributed by atoms with Crippen LogP contribution in [0.25, 0.3) is 22.3 Å². The van der Waals surface area contributed by atoms with Gasteiger partial charge >= 0.3 is 0 Å². The molecule has 0 aliphatic carbocycles. The summed E-state index contributed by atoms with van der Waals surface area (Å²) in [7, 11) is 0. The molecule has 1 amide bonds. The normalized spacial score (nSPS) is 10.6. The SMILES string of the molecule is C=CCNC(=O)Cn1c(-c2ccccc2)nc2ccc(O)cc2c1=O. The van der Waals surface area contributed by atoms with Gasteiger partial charge in [0.05, 0.1) is 10.9 Å². The average Bonchev–Trinajstić information content (AvgIpc) is 2.63. The van der Waals surface area contributed by atoms with E-state index in [4.69, 9.17) is 0 Å². The van der Waals surface area contributed by atoms with Gasteiger partial charge < -0.3 is 10.4 Å². The van der Waals surface area contributed by atoms with Crippen LogP contribution < -0.4 is 10.9 Å². The van der Waals surface area contributed by atoms with E-state index < -0.39 is 0 Å². The van der Waals surface area contributed by atoms with Gasteiger partial charge in [0, 0.05) is 12.1 Å². The fourth-order valence-corrected chi connectivity index (χ4v) is 2.55. The summed E-state index contributed by atoms with van der Waals surface area (Å²) < 4.78 is 1.32. The van der Waals surface area contributed by atoms with E-state index in [-0.39, 0.29) is 29.1 Å². The smallest absolute Gasteiger partial charge is 0.262 e. The maximum atomic E-state index is 12.9. The largest absolute Gasteiger partial charge is 0.508 e. The van der Waals surface area contributed by atoms with Gasteiger partial charge in [0.25, 0.3) is 5.56 Å². The van der Waals surface area contributed by atoms with Crippen molar-refractivity contribution >= 4 is 16.8 Å². The van der Waals surface area contributed by atoms with Gasteiger partial charge in [0.1, 0.15) is 18.1 Å². The molecule has 0 saturated carbocycles. The number of carbonyl (C=O) groups excluding carboxylic acids is 1. The van der Waals surface area contributed by atoms with E-state index in [1.54, 1.807) is 12.1 Å². The Morgan fingerprint density at radius 2 is 2.00 bits per heavy atom. The van der Waals surface area contributed by atoms with E-state index in [2.05, 4.69) is 16.9 Å². The van der Waals surface area contributed by atoms with Gasteiger partial charge in [-0.15, -0.1) is 6.58 Å². The molecule has 3 aromatic rings. The minimum atomic E-state index is -0.381. The third-order valence-corrected chi connectivity index (χ3v) is 3.71. The zero-order valence-corrected chi connectivity index (χ0v) is 13.5. The average molecular weight is 335 g/mol. The molecule has 2 aromatic carbocycles. The summed E-state index contributed by atoms with van der Waals surface area (Å²) in [5.74, 6) is 0.0551. The zero-order chi connectivity index (χ0) is 17.8. The molecule has 6 heteroatoms. The Bertz CT molecular complexity index is 994. The summed E-state index contributed by atoms with van der Waals surface area (Å²) in [6, 6.07) is 13.6. The van der Waals surface area contributed by atoms with Crippen LogP contribution in [0.2, 0.25) is 0 Å². The number of aromatic nitrogens is 2. The highest BCUT2D eigenvalue weighted by Gasteiger charge is 2.15. The second-order valence-corrected chi connectivity index (χ2v) is 5.49. The fraction of sp³-hybridized carbons (Fsp3) is 0.105. The molecular formula is C19H17N3O3. The molecule has 0 fully saturated rings. The molecule has 2 N–H and O–H groups in total. The van der Waals surface area contributed by atoms with Crippen LogP contribution in [0.5, 0.6) is 5.75 Å². The number of rotatable bonds is 5. The molecule has 0 unspecified atom stereocenters. The van der Waals surface area contributed by atoms with Gasteiger partial charge in [0.2, 0.25) is 5.91 Å². The Kier molecular flexibility index (Phi) is 4.61. The zero-order valence-electron chi connectivity index (χ0n) is 13.5. The number of hydrogen-bond acceptors (Lipinski definition) is 4. The van der Waals surface area contributed by atoms with Crippen LogP contribution in [-0.2, 0) is 11.3 Å². The lowest BCUT2D eigenvalue weighted by molar-refractivity contribution is -0.121. The third kappa shape index (κ3) is 3.42. The first-order valence-electron chi connectivity index (χ1n) is 7.76. The van der Waals surface area contributed by atoms with Gasteiger partial charge in [0.15, 0.2) is 0 Å². The Morgan fingerprint density at radius 1 is 1.24 bits per heavy atom. The molecule has 1 heterocycles. The summed E-state index contributed by atoms with van der Waals surface area (Å²) in [5, 5.41) is 12.6. The molecule has 0 saturated heterocycles. The van der Waals surface area contributed by atoms with Crippen molar-refractivity contribution in [3.63, 3.8) is 0 Å².